The fourth-order valence-corrected chi connectivity index (χ4v) is 3.44. The molecule has 0 unspecified atom stereocenters. The Kier molecular flexibility index (Phi) is 9.57. The van der Waals surface area contributed by atoms with Crippen molar-refractivity contribution in [2.24, 2.45) is 5.10 Å². The maximum atomic E-state index is 5.59. The minimum Gasteiger partial charge on any atom is -0.376 e. The van der Waals surface area contributed by atoms with Gasteiger partial charge in [-0.2, -0.15) is 5.10 Å². The van der Waals surface area contributed by atoms with Crippen LogP contribution in [-0.4, -0.2) is 30.1 Å². The van der Waals surface area contributed by atoms with Crippen molar-refractivity contribution in [3.8, 4) is 0 Å². The zero-order chi connectivity index (χ0) is 16.2. The molecule has 1 saturated carbocycles. The Morgan fingerprint density at radius 1 is 0.957 bits per heavy atom. The van der Waals surface area contributed by atoms with Crippen LogP contribution in [0.3, 0.4) is 0 Å². The van der Waals surface area contributed by atoms with Gasteiger partial charge in [0.05, 0.1) is 6.10 Å². The van der Waals surface area contributed by atoms with Gasteiger partial charge in [-0.1, -0.05) is 44.9 Å². The van der Waals surface area contributed by atoms with Crippen LogP contribution in [0.4, 0.5) is 0 Å². The molecule has 5 heteroatoms. The van der Waals surface area contributed by atoms with Crippen LogP contribution in [0.5, 0.6) is 0 Å². The maximum absolute atomic E-state index is 5.59. The molecule has 2 N–H and O–H groups in total. The van der Waals surface area contributed by atoms with E-state index in [1.54, 1.807) is 0 Å². The van der Waals surface area contributed by atoms with Crippen molar-refractivity contribution in [1.82, 2.24) is 10.7 Å². The lowest BCUT2D eigenvalue weighted by Gasteiger charge is -2.13. The molecule has 1 saturated heterocycles. The minimum atomic E-state index is 0.309. The first-order valence-corrected chi connectivity index (χ1v) is 9.96. The van der Waals surface area contributed by atoms with Crippen LogP contribution in [0.1, 0.15) is 83.5 Å². The van der Waals surface area contributed by atoms with Gasteiger partial charge in [0.2, 0.25) is 0 Å². The van der Waals surface area contributed by atoms with Crippen molar-refractivity contribution >= 4 is 23.0 Å². The number of nitrogens with zero attached hydrogens (tertiary/aromatic N) is 1. The van der Waals surface area contributed by atoms with E-state index >= 15 is 0 Å². The van der Waals surface area contributed by atoms with E-state index in [0.717, 1.165) is 38.8 Å². The second-order valence-corrected chi connectivity index (χ2v) is 7.23. The van der Waals surface area contributed by atoms with Crippen molar-refractivity contribution in [3.63, 3.8) is 0 Å². The number of thiocarbonyl (C=S) groups is 1. The van der Waals surface area contributed by atoms with Crippen LogP contribution < -0.4 is 10.7 Å². The summed E-state index contributed by atoms with van der Waals surface area (Å²) < 4.78 is 5.59. The Balaban J connectivity index is 1.69. The van der Waals surface area contributed by atoms with Gasteiger partial charge in [0.25, 0.3) is 0 Å². The molecular weight excluding hydrogens is 306 g/mol. The van der Waals surface area contributed by atoms with E-state index in [-0.39, 0.29) is 0 Å². The molecule has 0 spiro atoms. The number of rotatable bonds is 3. The summed E-state index contributed by atoms with van der Waals surface area (Å²) in [4.78, 5) is 0. The quantitative estimate of drug-likeness (QED) is 0.595. The molecule has 1 aliphatic heterocycles. The molecular formula is C18H33N3OS. The van der Waals surface area contributed by atoms with E-state index in [9.17, 15) is 0 Å². The molecule has 0 aromatic carbocycles. The molecule has 0 aromatic heterocycles. The Morgan fingerprint density at radius 2 is 1.57 bits per heavy atom. The summed E-state index contributed by atoms with van der Waals surface area (Å²) in [7, 11) is 0. The molecule has 23 heavy (non-hydrogen) atoms. The van der Waals surface area contributed by atoms with Gasteiger partial charge in [0.1, 0.15) is 0 Å². The maximum Gasteiger partial charge on any atom is 0.187 e. The summed E-state index contributed by atoms with van der Waals surface area (Å²) in [6.07, 6.45) is 17.0. The van der Waals surface area contributed by atoms with E-state index in [4.69, 9.17) is 17.0 Å². The van der Waals surface area contributed by atoms with Crippen LogP contribution in [0.25, 0.3) is 0 Å². The Hall–Kier alpha value is -0.680. The van der Waals surface area contributed by atoms with Crippen LogP contribution in [-0.2, 0) is 4.74 Å². The highest BCUT2D eigenvalue weighted by Crippen LogP contribution is 2.15. The number of ether oxygens (including phenoxy) is 1. The van der Waals surface area contributed by atoms with Crippen LogP contribution in [0.2, 0.25) is 0 Å². The first-order valence-electron chi connectivity index (χ1n) is 9.55. The zero-order valence-electron chi connectivity index (χ0n) is 14.4. The van der Waals surface area contributed by atoms with Crippen molar-refractivity contribution in [2.45, 2.75) is 89.6 Å². The van der Waals surface area contributed by atoms with Gasteiger partial charge in [-0.3, -0.25) is 5.43 Å². The summed E-state index contributed by atoms with van der Waals surface area (Å²) >= 11 is 5.32. The summed E-state index contributed by atoms with van der Waals surface area (Å²) in [5, 5.41) is 8.42. The minimum absolute atomic E-state index is 0.309. The molecule has 1 aliphatic carbocycles. The van der Waals surface area contributed by atoms with Gasteiger partial charge in [-0.15, -0.1) is 0 Å². The molecule has 0 bridgehead atoms. The topological polar surface area (TPSA) is 45.6 Å². The molecule has 0 radical (unpaired) electrons. The lowest BCUT2D eigenvalue weighted by atomic mass is 10.00. The highest BCUT2D eigenvalue weighted by molar-refractivity contribution is 7.80. The Labute approximate surface area is 146 Å². The molecule has 0 aromatic rings. The molecule has 2 aliphatic rings. The second kappa shape index (κ2) is 11.8. The first-order chi connectivity index (χ1) is 11.3. The van der Waals surface area contributed by atoms with Gasteiger partial charge in [0.15, 0.2) is 5.11 Å². The highest BCUT2D eigenvalue weighted by atomic mass is 32.1. The van der Waals surface area contributed by atoms with Gasteiger partial charge in [-0.05, 0) is 50.7 Å². The highest BCUT2D eigenvalue weighted by Gasteiger charge is 2.15. The summed E-state index contributed by atoms with van der Waals surface area (Å²) in [5.41, 5.74) is 4.33. The SMILES string of the molecule is S=C(NC[C@@H]1CCCO1)NN=C1CCCCCCCCCCC1. The summed E-state index contributed by atoms with van der Waals surface area (Å²) in [6, 6.07) is 0. The van der Waals surface area contributed by atoms with E-state index < -0.39 is 0 Å². The third-order valence-corrected chi connectivity index (χ3v) is 5.00. The predicted molar refractivity (Wildman–Crippen MR) is 101 cm³/mol. The fraction of sp³-hybridized carbons (Fsp3) is 0.889. The zero-order valence-corrected chi connectivity index (χ0v) is 15.3. The predicted octanol–water partition coefficient (Wildman–Crippen LogP) is 4.29. The number of hydrogen-bond acceptors (Lipinski definition) is 3. The Bertz CT molecular complexity index is 353. The molecule has 2 fully saturated rings. The molecule has 2 rings (SSSR count). The van der Waals surface area contributed by atoms with Crippen molar-refractivity contribution in [2.75, 3.05) is 13.2 Å². The van der Waals surface area contributed by atoms with Crippen molar-refractivity contribution < 1.29 is 4.74 Å². The summed E-state index contributed by atoms with van der Waals surface area (Å²) in [5.74, 6) is 0. The lowest BCUT2D eigenvalue weighted by Crippen LogP contribution is -2.37. The van der Waals surface area contributed by atoms with E-state index in [0.29, 0.717) is 11.2 Å². The molecule has 132 valence electrons. The van der Waals surface area contributed by atoms with Gasteiger partial charge in [-0.25, -0.2) is 0 Å². The standard InChI is InChI=1S/C18H33N3OS/c23-18(19-15-17-13-10-14-22-17)21-20-16-11-8-6-4-2-1-3-5-7-9-12-16/h17H,1-15H2,(H2,19,21,23)/t17-/m0/s1. The summed E-state index contributed by atoms with van der Waals surface area (Å²) in [6.45, 7) is 1.67. The smallest absolute Gasteiger partial charge is 0.187 e. The second-order valence-electron chi connectivity index (χ2n) is 6.82. The monoisotopic (exact) mass is 339 g/mol. The average molecular weight is 340 g/mol. The number of nitrogens with one attached hydrogen (secondary N) is 2. The largest absolute Gasteiger partial charge is 0.376 e. The average Bonchev–Trinajstić information content (AvgIpc) is 3.06. The molecule has 1 atom stereocenters. The van der Waals surface area contributed by atoms with Crippen molar-refractivity contribution in [1.29, 1.82) is 0 Å². The van der Waals surface area contributed by atoms with E-state index in [2.05, 4.69) is 15.8 Å². The van der Waals surface area contributed by atoms with Crippen LogP contribution in [0.15, 0.2) is 5.10 Å². The lowest BCUT2D eigenvalue weighted by molar-refractivity contribution is 0.114. The first kappa shape index (κ1) is 18.7. The van der Waals surface area contributed by atoms with Gasteiger partial charge < -0.3 is 10.1 Å². The number of hydrogen-bond donors (Lipinski definition) is 2. The molecule has 4 nitrogen and oxygen atoms in total. The van der Waals surface area contributed by atoms with Gasteiger partial charge >= 0.3 is 0 Å². The fourth-order valence-electron chi connectivity index (χ4n) is 3.31. The Morgan fingerprint density at radius 3 is 2.13 bits per heavy atom. The third kappa shape index (κ3) is 8.66. The van der Waals surface area contributed by atoms with Crippen molar-refractivity contribution in [3.05, 3.63) is 0 Å². The van der Waals surface area contributed by atoms with E-state index in [1.165, 1.54) is 63.5 Å². The normalized spacial score (nSPS) is 24.3. The van der Waals surface area contributed by atoms with Gasteiger partial charge in [0, 0.05) is 18.9 Å². The third-order valence-electron chi connectivity index (χ3n) is 4.76. The number of hydrazone groups is 1. The van der Waals surface area contributed by atoms with Crippen LogP contribution in [0, 0.1) is 0 Å². The molecule has 1 heterocycles. The molecule has 0 amide bonds. The van der Waals surface area contributed by atoms with E-state index in [1.807, 2.05) is 0 Å². The van der Waals surface area contributed by atoms with Crippen LogP contribution >= 0.6 is 12.2 Å².